The Morgan fingerprint density at radius 2 is 1.61 bits per heavy atom. The van der Waals surface area contributed by atoms with Gasteiger partial charge in [-0.15, -0.1) is 0 Å². The van der Waals surface area contributed by atoms with Crippen LogP contribution in [0.1, 0.15) is 48.0 Å². The van der Waals surface area contributed by atoms with Crippen molar-refractivity contribution >= 4 is 37.3 Å². The van der Waals surface area contributed by atoms with Crippen LogP contribution in [0.25, 0.3) is 0 Å². The molecule has 1 saturated carbocycles. The van der Waals surface area contributed by atoms with Crippen molar-refractivity contribution in [1.82, 2.24) is 9.21 Å². The number of benzene rings is 2. The van der Waals surface area contributed by atoms with E-state index in [1.165, 1.54) is 38.4 Å². The lowest BCUT2D eigenvalue weighted by atomic mass is 9.72. The molecule has 0 bridgehead atoms. The van der Waals surface area contributed by atoms with Crippen LogP contribution in [0, 0.1) is 17.8 Å². The summed E-state index contributed by atoms with van der Waals surface area (Å²) in [6.45, 7) is 4.12. The van der Waals surface area contributed by atoms with Crippen molar-refractivity contribution in [2.75, 3.05) is 55.6 Å². The smallest absolute Gasteiger partial charge is 0.257 e. The molecule has 0 spiro atoms. The minimum atomic E-state index is -3.62. The number of piperidine rings is 1. The Hall–Kier alpha value is -2.51. The minimum Gasteiger partial charge on any atom is -0.330 e. The molecule has 2 aromatic carbocycles. The van der Waals surface area contributed by atoms with Gasteiger partial charge in [0.15, 0.2) is 0 Å². The molecule has 41 heavy (non-hydrogen) atoms. The Morgan fingerprint density at radius 1 is 0.976 bits per heavy atom. The average molecular weight is 604 g/mol. The molecule has 3 fully saturated rings. The van der Waals surface area contributed by atoms with Gasteiger partial charge in [0.1, 0.15) is 0 Å². The zero-order valence-corrected chi connectivity index (χ0v) is 25.5. The summed E-state index contributed by atoms with van der Waals surface area (Å²) in [5.74, 6) is 1.39. The Bertz CT molecular complexity index is 1460. The average Bonchev–Trinajstić information content (AvgIpc) is 2.89. The van der Waals surface area contributed by atoms with Crippen LogP contribution in [0.4, 0.5) is 11.4 Å². The Labute approximate surface area is 244 Å². The highest BCUT2D eigenvalue weighted by atomic mass is 32.2. The molecular formula is C29H41N5O5S2. The first-order valence-electron chi connectivity index (χ1n) is 14.4. The highest BCUT2D eigenvalue weighted by Crippen LogP contribution is 2.39. The number of carbonyl (C=O) groups excluding carboxylic acids is 1. The van der Waals surface area contributed by atoms with Crippen molar-refractivity contribution in [3.63, 3.8) is 0 Å². The second-order valence-electron chi connectivity index (χ2n) is 11.8. The number of nitrogens with two attached hydrogens (primary N) is 1. The Kier molecular flexibility index (Phi) is 8.77. The molecule has 1 aliphatic carbocycles. The number of hydrogen-bond donors (Lipinski definition) is 2. The molecular weight excluding hydrogens is 562 g/mol. The van der Waals surface area contributed by atoms with Gasteiger partial charge in [-0.05, 0) is 79.1 Å². The normalized spacial score (nSPS) is 19.9. The topological polar surface area (TPSA) is 133 Å². The van der Waals surface area contributed by atoms with Crippen molar-refractivity contribution in [3.05, 3.63) is 53.6 Å². The molecule has 0 unspecified atom stereocenters. The number of amides is 1. The zero-order chi connectivity index (χ0) is 29.4. The predicted molar refractivity (Wildman–Crippen MR) is 161 cm³/mol. The van der Waals surface area contributed by atoms with E-state index >= 15 is 0 Å². The summed E-state index contributed by atoms with van der Waals surface area (Å²) in [6.07, 6.45) is 6.74. The molecule has 2 saturated heterocycles. The summed E-state index contributed by atoms with van der Waals surface area (Å²) in [5.41, 5.74) is 7.53. The molecule has 0 aromatic heterocycles. The first-order valence-corrected chi connectivity index (χ1v) is 17.7. The summed E-state index contributed by atoms with van der Waals surface area (Å²) in [7, 11) is -5.81. The van der Waals surface area contributed by atoms with Gasteiger partial charge in [-0.25, -0.2) is 16.8 Å². The van der Waals surface area contributed by atoms with E-state index in [1.54, 1.807) is 28.6 Å². The molecule has 1 amide bonds. The van der Waals surface area contributed by atoms with E-state index < -0.39 is 26.0 Å². The van der Waals surface area contributed by atoms with Crippen LogP contribution >= 0.6 is 0 Å². The lowest BCUT2D eigenvalue weighted by molar-refractivity contribution is 0.0976. The molecule has 3 N–H and O–H groups in total. The summed E-state index contributed by atoms with van der Waals surface area (Å²) >= 11 is 0. The SMILES string of the molecule is CN(c1ccc(CN2CC(CN)C2)cc1C(=O)Nc1ccc(S(=O)(=O)N2CCC(C3CCC3)CC2)cc1)S(C)(=O)=O. The van der Waals surface area contributed by atoms with Crippen molar-refractivity contribution in [1.29, 1.82) is 0 Å². The zero-order valence-electron chi connectivity index (χ0n) is 23.8. The van der Waals surface area contributed by atoms with Crippen LogP contribution in [0.2, 0.25) is 0 Å². The van der Waals surface area contributed by atoms with E-state index in [2.05, 4.69) is 10.2 Å². The number of sulfonamides is 2. The molecule has 2 heterocycles. The lowest BCUT2D eigenvalue weighted by Gasteiger charge is -2.39. The summed E-state index contributed by atoms with van der Waals surface area (Å²) in [6, 6.07) is 11.4. The van der Waals surface area contributed by atoms with Gasteiger partial charge in [0.25, 0.3) is 5.91 Å². The first kappa shape index (κ1) is 30.0. The number of rotatable bonds is 10. The number of anilines is 2. The van der Waals surface area contributed by atoms with Gasteiger partial charge in [0, 0.05) is 45.5 Å². The van der Waals surface area contributed by atoms with Gasteiger partial charge in [0.05, 0.1) is 22.4 Å². The molecule has 2 aromatic rings. The molecule has 3 aliphatic rings. The van der Waals surface area contributed by atoms with E-state index in [9.17, 15) is 21.6 Å². The number of nitrogens with one attached hydrogen (secondary N) is 1. The lowest BCUT2D eigenvalue weighted by Crippen LogP contribution is -2.49. The fourth-order valence-corrected chi connectivity index (χ4v) is 8.07. The third-order valence-corrected chi connectivity index (χ3v) is 12.1. The van der Waals surface area contributed by atoms with E-state index in [0.717, 1.165) is 48.0 Å². The Morgan fingerprint density at radius 3 is 2.17 bits per heavy atom. The van der Waals surface area contributed by atoms with Crippen LogP contribution in [-0.2, 0) is 26.6 Å². The predicted octanol–water partition coefficient (Wildman–Crippen LogP) is 2.93. The summed E-state index contributed by atoms with van der Waals surface area (Å²) < 4.78 is 53.8. The number of likely N-dealkylation sites (tertiary alicyclic amines) is 1. The quantitative estimate of drug-likeness (QED) is 0.427. The Balaban J connectivity index is 1.29. The molecule has 12 heteroatoms. The second-order valence-corrected chi connectivity index (χ2v) is 15.7. The van der Waals surface area contributed by atoms with Crippen molar-refractivity contribution in [2.45, 2.75) is 43.5 Å². The van der Waals surface area contributed by atoms with Gasteiger partial charge < -0.3 is 11.1 Å². The number of carbonyl (C=O) groups is 1. The monoisotopic (exact) mass is 603 g/mol. The van der Waals surface area contributed by atoms with Gasteiger partial charge in [-0.1, -0.05) is 25.3 Å². The minimum absolute atomic E-state index is 0.197. The van der Waals surface area contributed by atoms with E-state index in [4.69, 9.17) is 5.73 Å². The summed E-state index contributed by atoms with van der Waals surface area (Å²) in [5, 5.41) is 2.82. The maximum atomic E-state index is 13.4. The fourth-order valence-electron chi connectivity index (χ4n) is 6.09. The van der Waals surface area contributed by atoms with Crippen molar-refractivity contribution in [3.8, 4) is 0 Å². The van der Waals surface area contributed by atoms with Crippen LogP contribution in [0.3, 0.4) is 0 Å². The van der Waals surface area contributed by atoms with Crippen LogP contribution < -0.4 is 15.4 Å². The van der Waals surface area contributed by atoms with Gasteiger partial charge in [0.2, 0.25) is 20.0 Å². The maximum Gasteiger partial charge on any atom is 0.257 e. The number of nitrogens with zero attached hydrogens (tertiary/aromatic N) is 3. The van der Waals surface area contributed by atoms with Crippen LogP contribution in [0.15, 0.2) is 47.4 Å². The van der Waals surface area contributed by atoms with Gasteiger partial charge in [-0.2, -0.15) is 4.31 Å². The largest absolute Gasteiger partial charge is 0.330 e. The standard InChI is InChI=1S/C29H41N5O5S2/c1-32(40(2,36)37)28-11-6-21(18-33-19-22(17-30)20-33)16-27(28)29(35)31-25-7-9-26(10-8-25)41(38,39)34-14-12-24(13-15-34)23-4-3-5-23/h6-11,16,22-24H,3-5,12-15,17-20,30H2,1-2H3,(H,31,35). The third kappa shape index (κ3) is 6.61. The summed E-state index contributed by atoms with van der Waals surface area (Å²) in [4.78, 5) is 15.9. The van der Waals surface area contributed by atoms with Crippen molar-refractivity contribution < 1.29 is 21.6 Å². The van der Waals surface area contributed by atoms with E-state index in [-0.39, 0.29) is 16.1 Å². The second kappa shape index (κ2) is 12.0. The van der Waals surface area contributed by atoms with Crippen LogP contribution in [-0.4, -0.2) is 78.0 Å². The molecule has 0 radical (unpaired) electrons. The van der Waals surface area contributed by atoms with Crippen molar-refractivity contribution in [2.24, 2.45) is 23.5 Å². The maximum absolute atomic E-state index is 13.4. The first-order chi connectivity index (χ1) is 19.5. The van der Waals surface area contributed by atoms with E-state index in [1.807, 2.05) is 6.07 Å². The van der Waals surface area contributed by atoms with Gasteiger partial charge in [-0.3, -0.25) is 14.0 Å². The fraction of sp³-hybridized carbons (Fsp3) is 0.552. The number of hydrogen-bond acceptors (Lipinski definition) is 7. The molecule has 224 valence electrons. The highest BCUT2D eigenvalue weighted by Gasteiger charge is 2.34. The van der Waals surface area contributed by atoms with Crippen LogP contribution in [0.5, 0.6) is 0 Å². The molecule has 10 nitrogen and oxygen atoms in total. The van der Waals surface area contributed by atoms with Gasteiger partial charge >= 0.3 is 0 Å². The third-order valence-electron chi connectivity index (χ3n) is 8.98. The molecule has 2 aliphatic heterocycles. The highest BCUT2D eigenvalue weighted by molar-refractivity contribution is 7.92. The van der Waals surface area contributed by atoms with E-state index in [0.29, 0.717) is 43.7 Å². The molecule has 5 rings (SSSR count). The molecule has 0 atom stereocenters.